The molecule has 3 rings (SSSR count). The number of ether oxygens (including phenoxy) is 2. The van der Waals surface area contributed by atoms with Crippen LogP contribution in [0.2, 0.25) is 0 Å². The molecule has 1 atom stereocenters. The molecule has 2 aromatic carbocycles. The van der Waals surface area contributed by atoms with Crippen molar-refractivity contribution >= 4 is 5.91 Å². The Hall–Kier alpha value is -2.63. The van der Waals surface area contributed by atoms with Crippen LogP contribution in [0.4, 0.5) is 8.78 Å². The van der Waals surface area contributed by atoms with Crippen molar-refractivity contribution in [3.05, 3.63) is 59.7 Å². The van der Waals surface area contributed by atoms with Gasteiger partial charge in [0.25, 0.3) is 5.91 Å². The van der Waals surface area contributed by atoms with Crippen LogP contribution in [0.15, 0.2) is 48.5 Å². The van der Waals surface area contributed by atoms with E-state index in [-0.39, 0.29) is 23.4 Å². The number of amides is 1. The SMILES string of the molecule is COc1cc(C(=O)NC(c2ccccc2)C2CC2)ccc1OC(F)F. The number of alkyl halides is 2. The third-order valence-corrected chi connectivity index (χ3v) is 4.18. The van der Waals surface area contributed by atoms with Gasteiger partial charge >= 0.3 is 6.61 Å². The van der Waals surface area contributed by atoms with E-state index in [1.165, 1.54) is 25.3 Å². The average Bonchev–Trinajstić information content (AvgIpc) is 3.45. The number of nitrogens with one attached hydrogen (secondary N) is 1. The van der Waals surface area contributed by atoms with Crippen LogP contribution in [0.1, 0.15) is 34.8 Å². The van der Waals surface area contributed by atoms with E-state index in [0.717, 1.165) is 18.4 Å². The molecule has 1 saturated carbocycles. The van der Waals surface area contributed by atoms with Gasteiger partial charge in [-0.05, 0) is 42.5 Å². The maximum atomic E-state index is 12.6. The largest absolute Gasteiger partial charge is 0.493 e. The van der Waals surface area contributed by atoms with Crippen LogP contribution in [0.25, 0.3) is 0 Å². The van der Waals surface area contributed by atoms with Gasteiger partial charge in [0.05, 0.1) is 13.2 Å². The van der Waals surface area contributed by atoms with Crippen molar-refractivity contribution in [1.82, 2.24) is 5.32 Å². The zero-order valence-corrected chi connectivity index (χ0v) is 13.7. The van der Waals surface area contributed by atoms with Crippen LogP contribution in [0.3, 0.4) is 0 Å². The quantitative estimate of drug-likeness (QED) is 0.817. The number of benzene rings is 2. The molecule has 25 heavy (non-hydrogen) atoms. The highest BCUT2D eigenvalue weighted by atomic mass is 19.3. The lowest BCUT2D eigenvalue weighted by Crippen LogP contribution is -2.29. The Morgan fingerprint density at radius 2 is 1.84 bits per heavy atom. The molecular formula is C19H19F2NO3. The fraction of sp³-hybridized carbons (Fsp3) is 0.316. The van der Waals surface area contributed by atoms with Gasteiger partial charge in [-0.2, -0.15) is 8.78 Å². The average molecular weight is 347 g/mol. The lowest BCUT2D eigenvalue weighted by Gasteiger charge is -2.19. The van der Waals surface area contributed by atoms with Crippen LogP contribution in [-0.2, 0) is 0 Å². The van der Waals surface area contributed by atoms with E-state index in [1.54, 1.807) is 0 Å². The summed E-state index contributed by atoms with van der Waals surface area (Å²) in [7, 11) is 1.34. The summed E-state index contributed by atoms with van der Waals surface area (Å²) in [4.78, 5) is 12.6. The highest BCUT2D eigenvalue weighted by molar-refractivity contribution is 5.95. The minimum atomic E-state index is -2.95. The van der Waals surface area contributed by atoms with Crippen molar-refractivity contribution in [2.45, 2.75) is 25.5 Å². The highest BCUT2D eigenvalue weighted by Gasteiger charge is 2.33. The lowest BCUT2D eigenvalue weighted by atomic mass is 10.0. The molecule has 1 amide bonds. The van der Waals surface area contributed by atoms with Crippen molar-refractivity contribution in [2.75, 3.05) is 7.11 Å². The number of carbonyl (C=O) groups is 1. The normalized spacial score (nSPS) is 14.9. The molecule has 0 saturated heterocycles. The van der Waals surface area contributed by atoms with Crippen LogP contribution in [0.5, 0.6) is 11.5 Å². The van der Waals surface area contributed by atoms with Gasteiger partial charge in [-0.25, -0.2) is 0 Å². The first-order valence-corrected chi connectivity index (χ1v) is 8.07. The summed E-state index contributed by atoms with van der Waals surface area (Å²) >= 11 is 0. The van der Waals surface area contributed by atoms with E-state index in [4.69, 9.17) is 4.74 Å². The van der Waals surface area contributed by atoms with Crippen LogP contribution < -0.4 is 14.8 Å². The fourth-order valence-electron chi connectivity index (χ4n) is 2.79. The number of carbonyl (C=O) groups excluding carboxylic acids is 1. The number of methoxy groups -OCH3 is 1. The van der Waals surface area contributed by atoms with E-state index in [2.05, 4.69) is 10.1 Å². The van der Waals surface area contributed by atoms with Crippen molar-refractivity contribution in [3.8, 4) is 11.5 Å². The van der Waals surface area contributed by atoms with E-state index < -0.39 is 6.61 Å². The number of halogens is 2. The highest BCUT2D eigenvalue weighted by Crippen LogP contribution is 2.41. The molecule has 0 heterocycles. The predicted molar refractivity (Wildman–Crippen MR) is 89.0 cm³/mol. The molecule has 1 unspecified atom stereocenters. The first kappa shape index (κ1) is 17.2. The Morgan fingerprint density at radius 3 is 2.44 bits per heavy atom. The van der Waals surface area contributed by atoms with Gasteiger partial charge in [0.2, 0.25) is 0 Å². The van der Waals surface area contributed by atoms with Crippen molar-refractivity contribution in [3.63, 3.8) is 0 Å². The molecule has 1 aliphatic rings. The molecule has 0 aliphatic heterocycles. The van der Waals surface area contributed by atoms with Gasteiger partial charge in [-0.1, -0.05) is 30.3 Å². The maximum Gasteiger partial charge on any atom is 0.387 e. The Bertz CT molecular complexity index is 733. The summed E-state index contributed by atoms with van der Waals surface area (Å²) in [5.74, 6) is 0.142. The van der Waals surface area contributed by atoms with Crippen LogP contribution in [0, 0.1) is 5.92 Å². The summed E-state index contributed by atoms with van der Waals surface area (Å²) < 4.78 is 34.2. The topological polar surface area (TPSA) is 47.6 Å². The molecule has 6 heteroatoms. The lowest BCUT2D eigenvalue weighted by molar-refractivity contribution is -0.0512. The fourth-order valence-corrected chi connectivity index (χ4v) is 2.79. The van der Waals surface area contributed by atoms with Gasteiger partial charge in [-0.15, -0.1) is 0 Å². The molecule has 1 aliphatic carbocycles. The van der Waals surface area contributed by atoms with Crippen molar-refractivity contribution in [2.24, 2.45) is 5.92 Å². The van der Waals surface area contributed by atoms with Crippen LogP contribution in [-0.4, -0.2) is 19.6 Å². The molecule has 0 aromatic heterocycles. The van der Waals surface area contributed by atoms with E-state index in [0.29, 0.717) is 11.5 Å². The molecule has 132 valence electrons. The Kier molecular flexibility index (Phi) is 5.16. The molecule has 0 bridgehead atoms. The third-order valence-electron chi connectivity index (χ3n) is 4.18. The van der Waals surface area contributed by atoms with Crippen molar-refractivity contribution in [1.29, 1.82) is 0 Å². The molecular weight excluding hydrogens is 328 g/mol. The minimum Gasteiger partial charge on any atom is -0.493 e. The zero-order valence-electron chi connectivity index (χ0n) is 13.7. The van der Waals surface area contributed by atoms with E-state index in [1.807, 2.05) is 30.3 Å². The number of hydrogen-bond donors (Lipinski definition) is 1. The van der Waals surface area contributed by atoms with Gasteiger partial charge in [-0.3, -0.25) is 4.79 Å². The first-order valence-electron chi connectivity index (χ1n) is 8.07. The molecule has 1 N–H and O–H groups in total. The summed E-state index contributed by atoms with van der Waals surface area (Å²) in [5.41, 5.74) is 1.39. The number of rotatable bonds is 7. The summed E-state index contributed by atoms with van der Waals surface area (Å²) in [6, 6.07) is 13.9. The first-order chi connectivity index (χ1) is 12.1. The molecule has 0 spiro atoms. The van der Waals surface area contributed by atoms with Gasteiger partial charge in [0, 0.05) is 5.56 Å². The summed E-state index contributed by atoms with van der Waals surface area (Å²) in [6.07, 6.45) is 2.15. The standard InChI is InChI=1S/C19H19F2NO3/c1-24-16-11-14(9-10-15(16)25-19(20)21)18(23)22-17(13-7-8-13)12-5-3-2-4-6-12/h2-6,9-11,13,17,19H,7-8H2,1H3,(H,22,23). The second-order valence-electron chi connectivity index (χ2n) is 5.94. The Morgan fingerprint density at radius 1 is 1.12 bits per heavy atom. The second kappa shape index (κ2) is 7.51. The summed E-state index contributed by atoms with van der Waals surface area (Å²) in [6.45, 7) is -2.95. The van der Waals surface area contributed by atoms with Gasteiger partial charge in [0.1, 0.15) is 0 Å². The maximum absolute atomic E-state index is 12.6. The Labute approximate surface area is 144 Å². The molecule has 1 fully saturated rings. The predicted octanol–water partition coefficient (Wildman–Crippen LogP) is 4.18. The minimum absolute atomic E-state index is 0.0586. The van der Waals surface area contributed by atoms with Crippen LogP contribution >= 0.6 is 0 Å². The van der Waals surface area contributed by atoms with Gasteiger partial charge in [0.15, 0.2) is 11.5 Å². The Balaban J connectivity index is 1.78. The van der Waals surface area contributed by atoms with E-state index in [9.17, 15) is 13.6 Å². The van der Waals surface area contributed by atoms with Gasteiger partial charge < -0.3 is 14.8 Å². The zero-order chi connectivity index (χ0) is 17.8. The summed E-state index contributed by atoms with van der Waals surface area (Å²) in [5, 5.41) is 3.04. The van der Waals surface area contributed by atoms with Crippen molar-refractivity contribution < 1.29 is 23.0 Å². The third kappa shape index (κ3) is 4.26. The molecule has 4 nitrogen and oxygen atoms in total. The monoisotopic (exact) mass is 347 g/mol. The van der Waals surface area contributed by atoms with E-state index >= 15 is 0 Å². The second-order valence-corrected chi connectivity index (χ2v) is 5.94. The number of hydrogen-bond acceptors (Lipinski definition) is 3. The smallest absolute Gasteiger partial charge is 0.387 e. The molecule has 2 aromatic rings. The molecule has 0 radical (unpaired) electrons.